The van der Waals surface area contributed by atoms with Crippen LogP contribution in [0.15, 0.2) is 0 Å². The van der Waals surface area contributed by atoms with E-state index in [1.165, 1.54) is 31.9 Å². The van der Waals surface area contributed by atoms with Crippen LogP contribution in [0.3, 0.4) is 0 Å². The van der Waals surface area contributed by atoms with Gasteiger partial charge < -0.3 is 4.74 Å². The van der Waals surface area contributed by atoms with Gasteiger partial charge in [0.25, 0.3) is 6.26 Å². The summed E-state index contributed by atoms with van der Waals surface area (Å²) >= 11 is 0. The standard InChI is InChI=1S/C10H17NO2/c1-2-3-4-5-6-7-8-10(12)13-9-11/h2-8H2,1H3. The van der Waals surface area contributed by atoms with E-state index < -0.39 is 5.97 Å². The molecule has 0 aliphatic carbocycles. The van der Waals surface area contributed by atoms with Crippen molar-refractivity contribution in [2.75, 3.05) is 0 Å². The third kappa shape index (κ3) is 8.87. The maximum absolute atomic E-state index is 10.7. The van der Waals surface area contributed by atoms with Gasteiger partial charge in [0, 0.05) is 6.42 Å². The Bertz CT molecular complexity index is 172. The quantitative estimate of drug-likeness (QED) is 0.346. The SMILES string of the molecule is CCCCCCCCC(=O)OC#N. The molecule has 0 aromatic carbocycles. The van der Waals surface area contributed by atoms with Gasteiger partial charge in [-0.05, 0) is 6.42 Å². The molecule has 0 aliphatic rings. The van der Waals surface area contributed by atoms with Crippen LogP contribution >= 0.6 is 0 Å². The Labute approximate surface area is 79.7 Å². The molecule has 0 bridgehead atoms. The minimum Gasteiger partial charge on any atom is -0.351 e. The number of unbranched alkanes of at least 4 members (excludes halogenated alkanes) is 5. The van der Waals surface area contributed by atoms with Gasteiger partial charge in [-0.1, -0.05) is 39.0 Å². The van der Waals surface area contributed by atoms with E-state index in [9.17, 15) is 4.79 Å². The molecule has 0 aromatic heterocycles. The fourth-order valence-electron chi connectivity index (χ4n) is 1.15. The molecule has 74 valence electrons. The van der Waals surface area contributed by atoms with Crippen LogP contribution in [0.4, 0.5) is 0 Å². The highest BCUT2D eigenvalue weighted by Crippen LogP contribution is 2.07. The molecule has 0 spiro atoms. The average Bonchev–Trinajstić information content (AvgIpc) is 2.11. The van der Waals surface area contributed by atoms with Crippen molar-refractivity contribution in [3.8, 4) is 6.26 Å². The van der Waals surface area contributed by atoms with Crippen LogP contribution in [-0.2, 0) is 9.53 Å². The topological polar surface area (TPSA) is 50.1 Å². The second-order valence-electron chi connectivity index (χ2n) is 3.08. The summed E-state index contributed by atoms with van der Waals surface area (Å²) in [6, 6.07) is 0. The average molecular weight is 183 g/mol. The van der Waals surface area contributed by atoms with E-state index in [0.29, 0.717) is 6.42 Å². The summed E-state index contributed by atoms with van der Waals surface area (Å²) in [5.41, 5.74) is 0. The Kier molecular flexibility index (Phi) is 8.33. The molecule has 0 atom stereocenters. The zero-order valence-electron chi connectivity index (χ0n) is 8.21. The number of hydrogen-bond acceptors (Lipinski definition) is 3. The molecule has 0 radical (unpaired) electrons. The summed E-state index contributed by atoms with van der Waals surface area (Å²) in [6.45, 7) is 2.17. The van der Waals surface area contributed by atoms with E-state index in [-0.39, 0.29) is 0 Å². The minimum atomic E-state index is -0.405. The monoisotopic (exact) mass is 183 g/mol. The fraction of sp³-hybridized carbons (Fsp3) is 0.800. The number of hydrogen-bond donors (Lipinski definition) is 0. The smallest absolute Gasteiger partial charge is 0.321 e. The van der Waals surface area contributed by atoms with Gasteiger partial charge in [-0.25, -0.2) is 0 Å². The molecule has 0 saturated carbocycles. The Balaban J connectivity index is 3.08. The lowest BCUT2D eigenvalue weighted by Gasteiger charge is -1.98. The Morgan fingerprint density at radius 2 is 1.85 bits per heavy atom. The molecule has 0 N–H and O–H groups in total. The number of ether oxygens (including phenoxy) is 1. The lowest BCUT2D eigenvalue weighted by molar-refractivity contribution is -0.137. The van der Waals surface area contributed by atoms with Crippen molar-refractivity contribution < 1.29 is 9.53 Å². The van der Waals surface area contributed by atoms with Crippen molar-refractivity contribution in [1.29, 1.82) is 5.26 Å². The van der Waals surface area contributed by atoms with Crippen molar-refractivity contribution >= 4 is 5.97 Å². The number of carbonyl (C=O) groups is 1. The first-order valence-corrected chi connectivity index (χ1v) is 4.90. The van der Waals surface area contributed by atoms with Crippen LogP contribution in [0.5, 0.6) is 0 Å². The second kappa shape index (κ2) is 9.05. The minimum absolute atomic E-state index is 0.375. The maximum atomic E-state index is 10.7. The molecule has 0 unspecified atom stereocenters. The molecular formula is C10H17NO2. The Morgan fingerprint density at radius 3 is 2.46 bits per heavy atom. The van der Waals surface area contributed by atoms with Crippen LogP contribution in [0.1, 0.15) is 51.9 Å². The lowest BCUT2D eigenvalue weighted by Crippen LogP contribution is -1.98. The molecule has 13 heavy (non-hydrogen) atoms. The summed E-state index contributed by atoms with van der Waals surface area (Å²) < 4.78 is 4.14. The highest BCUT2D eigenvalue weighted by atomic mass is 16.5. The first-order valence-electron chi connectivity index (χ1n) is 4.90. The third-order valence-electron chi connectivity index (χ3n) is 1.89. The van der Waals surface area contributed by atoms with Crippen molar-refractivity contribution in [1.82, 2.24) is 0 Å². The molecule has 0 aliphatic heterocycles. The molecule has 3 nitrogen and oxygen atoms in total. The van der Waals surface area contributed by atoms with Gasteiger partial charge in [-0.2, -0.15) is 0 Å². The first-order chi connectivity index (χ1) is 6.31. The van der Waals surface area contributed by atoms with Gasteiger partial charge in [0.15, 0.2) is 0 Å². The number of nitriles is 1. The number of nitrogens with zero attached hydrogens (tertiary/aromatic N) is 1. The predicted octanol–water partition coefficient (Wildman–Crippen LogP) is 2.76. The van der Waals surface area contributed by atoms with Crippen molar-refractivity contribution in [2.24, 2.45) is 0 Å². The summed E-state index contributed by atoms with van der Waals surface area (Å²) in [5.74, 6) is -0.405. The normalized spacial score (nSPS) is 9.23. The molecular weight excluding hydrogens is 166 g/mol. The molecule has 0 aromatic rings. The first kappa shape index (κ1) is 12.0. The van der Waals surface area contributed by atoms with Gasteiger partial charge >= 0.3 is 5.97 Å². The number of rotatable bonds is 7. The van der Waals surface area contributed by atoms with E-state index in [4.69, 9.17) is 5.26 Å². The van der Waals surface area contributed by atoms with E-state index in [1.807, 2.05) is 0 Å². The fourth-order valence-corrected chi connectivity index (χ4v) is 1.15. The number of esters is 1. The summed E-state index contributed by atoms with van der Waals surface area (Å²) in [5, 5.41) is 8.02. The van der Waals surface area contributed by atoms with Gasteiger partial charge in [-0.15, -0.1) is 5.26 Å². The number of carbonyl (C=O) groups excluding carboxylic acids is 1. The lowest BCUT2D eigenvalue weighted by atomic mass is 10.1. The molecule has 0 rings (SSSR count). The predicted molar refractivity (Wildman–Crippen MR) is 49.7 cm³/mol. The third-order valence-corrected chi connectivity index (χ3v) is 1.89. The van der Waals surface area contributed by atoms with Gasteiger partial charge in [0.1, 0.15) is 0 Å². The van der Waals surface area contributed by atoms with Crippen molar-refractivity contribution in [2.45, 2.75) is 51.9 Å². The zero-order chi connectivity index (χ0) is 9.94. The molecule has 3 heteroatoms. The highest BCUT2D eigenvalue weighted by Gasteiger charge is 2.00. The van der Waals surface area contributed by atoms with Crippen LogP contribution in [0.25, 0.3) is 0 Å². The van der Waals surface area contributed by atoms with Crippen LogP contribution in [0, 0.1) is 11.5 Å². The second-order valence-corrected chi connectivity index (χ2v) is 3.08. The molecule has 0 fully saturated rings. The van der Waals surface area contributed by atoms with Gasteiger partial charge in [0.05, 0.1) is 0 Å². The molecule has 0 saturated heterocycles. The van der Waals surface area contributed by atoms with E-state index in [1.54, 1.807) is 0 Å². The molecule has 0 heterocycles. The van der Waals surface area contributed by atoms with Gasteiger partial charge in [0.2, 0.25) is 0 Å². The van der Waals surface area contributed by atoms with Crippen molar-refractivity contribution in [3.63, 3.8) is 0 Å². The highest BCUT2D eigenvalue weighted by molar-refractivity contribution is 5.70. The molecule has 0 amide bonds. The van der Waals surface area contributed by atoms with Crippen LogP contribution in [0.2, 0.25) is 0 Å². The largest absolute Gasteiger partial charge is 0.351 e. The van der Waals surface area contributed by atoms with Crippen LogP contribution < -0.4 is 0 Å². The maximum Gasteiger partial charge on any atom is 0.321 e. The Hall–Kier alpha value is -1.04. The van der Waals surface area contributed by atoms with E-state index in [0.717, 1.165) is 12.8 Å². The van der Waals surface area contributed by atoms with Gasteiger partial charge in [-0.3, -0.25) is 4.79 Å². The summed E-state index contributed by atoms with van der Waals surface area (Å²) in [6.07, 6.45) is 8.56. The Morgan fingerprint density at radius 1 is 1.23 bits per heavy atom. The summed E-state index contributed by atoms with van der Waals surface area (Å²) in [4.78, 5) is 10.7. The van der Waals surface area contributed by atoms with E-state index in [2.05, 4.69) is 11.7 Å². The summed E-state index contributed by atoms with van der Waals surface area (Å²) in [7, 11) is 0. The van der Waals surface area contributed by atoms with Crippen molar-refractivity contribution in [3.05, 3.63) is 0 Å². The van der Waals surface area contributed by atoms with Crippen LogP contribution in [-0.4, -0.2) is 5.97 Å². The van der Waals surface area contributed by atoms with E-state index >= 15 is 0 Å². The zero-order valence-corrected chi connectivity index (χ0v) is 8.21.